The van der Waals surface area contributed by atoms with Gasteiger partial charge in [0.15, 0.2) is 0 Å². The van der Waals surface area contributed by atoms with Gasteiger partial charge in [-0.25, -0.2) is 0 Å². The molecule has 2 aromatic rings. The van der Waals surface area contributed by atoms with Crippen molar-refractivity contribution < 1.29 is 4.74 Å². The van der Waals surface area contributed by atoms with Crippen LogP contribution in [-0.4, -0.2) is 42.7 Å². The molecule has 122 valence electrons. The molecule has 1 saturated heterocycles. The summed E-state index contributed by atoms with van der Waals surface area (Å²) in [6.45, 7) is 3.35. The number of nitrogens with one attached hydrogen (secondary N) is 1. The van der Waals surface area contributed by atoms with Crippen molar-refractivity contribution in [3.63, 3.8) is 0 Å². The van der Waals surface area contributed by atoms with E-state index < -0.39 is 0 Å². The molecule has 0 saturated carbocycles. The third-order valence-corrected chi connectivity index (χ3v) is 4.38. The molecule has 23 heavy (non-hydrogen) atoms. The molecule has 2 heterocycles. The molecular weight excluding hydrogens is 310 g/mol. The summed E-state index contributed by atoms with van der Waals surface area (Å²) in [6.07, 6.45) is 1.93. The van der Waals surface area contributed by atoms with Crippen molar-refractivity contribution >= 4 is 11.6 Å². The zero-order valence-corrected chi connectivity index (χ0v) is 14.0. The van der Waals surface area contributed by atoms with Crippen LogP contribution in [-0.2, 0) is 11.3 Å². The van der Waals surface area contributed by atoms with E-state index >= 15 is 0 Å². The molecule has 0 bridgehead atoms. The number of likely N-dealkylation sites (N-methyl/N-ethyl adjacent to an activating group) is 1. The van der Waals surface area contributed by atoms with Crippen LogP contribution in [0.25, 0.3) is 0 Å². The maximum Gasteiger partial charge on any atom is 0.0896 e. The first-order valence-corrected chi connectivity index (χ1v) is 8.29. The maximum absolute atomic E-state index is 6.03. The van der Waals surface area contributed by atoms with E-state index in [1.807, 2.05) is 36.5 Å². The summed E-state index contributed by atoms with van der Waals surface area (Å²) in [7, 11) is 2.13. The smallest absolute Gasteiger partial charge is 0.0896 e. The zero-order chi connectivity index (χ0) is 16.1. The van der Waals surface area contributed by atoms with Crippen LogP contribution in [0.1, 0.15) is 17.3 Å². The fraction of sp³-hybridized carbons (Fsp3) is 0.389. The van der Waals surface area contributed by atoms with Crippen LogP contribution in [0.3, 0.4) is 0 Å². The molecule has 0 spiro atoms. The van der Waals surface area contributed by atoms with Crippen LogP contribution in [0.5, 0.6) is 0 Å². The van der Waals surface area contributed by atoms with Crippen molar-refractivity contribution in [1.82, 2.24) is 15.2 Å². The second-order valence-corrected chi connectivity index (χ2v) is 6.34. The molecule has 1 aromatic carbocycles. The predicted molar refractivity (Wildman–Crippen MR) is 92.5 cm³/mol. The highest BCUT2D eigenvalue weighted by molar-refractivity contribution is 6.30. The topological polar surface area (TPSA) is 37.4 Å². The second-order valence-electron chi connectivity index (χ2n) is 5.90. The van der Waals surface area contributed by atoms with Gasteiger partial charge in [-0.1, -0.05) is 29.8 Å². The quantitative estimate of drug-likeness (QED) is 0.914. The van der Waals surface area contributed by atoms with Crippen LogP contribution in [0.2, 0.25) is 5.02 Å². The molecule has 0 amide bonds. The minimum atomic E-state index is 0.108. The number of hydrogen-bond donors (Lipinski definition) is 1. The molecule has 1 fully saturated rings. The van der Waals surface area contributed by atoms with Gasteiger partial charge in [0.1, 0.15) is 0 Å². The lowest BCUT2D eigenvalue weighted by Crippen LogP contribution is -2.46. The Morgan fingerprint density at radius 3 is 2.83 bits per heavy atom. The standard InChI is InChI=1S/C18H22ClN3O/c1-22-10-11-23-17(13-22)18(14-5-7-15(19)8-6-14)21-12-16-4-2-3-9-20-16/h2-9,17-18,21H,10-13H2,1H3/t17-,18+/m1/s1. The van der Waals surface area contributed by atoms with Crippen molar-refractivity contribution in [2.45, 2.75) is 18.7 Å². The molecule has 0 radical (unpaired) electrons. The Kier molecular flexibility index (Phi) is 5.62. The average Bonchev–Trinajstić information content (AvgIpc) is 2.58. The summed E-state index contributed by atoms with van der Waals surface area (Å²) in [6, 6.07) is 14.1. The number of pyridine rings is 1. The van der Waals surface area contributed by atoms with Crippen molar-refractivity contribution in [1.29, 1.82) is 0 Å². The Hall–Kier alpha value is -1.46. The summed E-state index contributed by atoms with van der Waals surface area (Å²) in [5.41, 5.74) is 2.21. The molecule has 1 aliphatic heterocycles. The number of aromatic nitrogens is 1. The van der Waals surface area contributed by atoms with Gasteiger partial charge in [-0.2, -0.15) is 0 Å². The van der Waals surface area contributed by atoms with Gasteiger partial charge in [-0.3, -0.25) is 4.98 Å². The van der Waals surface area contributed by atoms with Crippen molar-refractivity contribution in [2.75, 3.05) is 26.7 Å². The second kappa shape index (κ2) is 7.88. The molecule has 4 nitrogen and oxygen atoms in total. The molecule has 3 rings (SSSR count). The van der Waals surface area contributed by atoms with Gasteiger partial charge >= 0.3 is 0 Å². The highest BCUT2D eigenvalue weighted by Crippen LogP contribution is 2.24. The fourth-order valence-electron chi connectivity index (χ4n) is 2.86. The third-order valence-electron chi connectivity index (χ3n) is 4.13. The summed E-state index contributed by atoms with van der Waals surface area (Å²) in [5, 5.41) is 4.35. The van der Waals surface area contributed by atoms with Gasteiger partial charge in [-0.15, -0.1) is 0 Å². The molecule has 0 unspecified atom stereocenters. The van der Waals surface area contributed by atoms with E-state index in [0.717, 1.165) is 30.4 Å². The van der Waals surface area contributed by atoms with E-state index in [0.29, 0.717) is 6.54 Å². The third kappa shape index (κ3) is 4.52. The Bertz CT molecular complexity index is 605. The number of rotatable bonds is 5. The molecule has 1 aromatic heterocycles. The number of halogens is 1. The summed E-state index contributed by atoms with van der Waals surface area (Å²) in [5.74, 6) is 0. The molecular formula is C18H22ClN3O. The highest BCUT2D eigenvalue weighted by atomic mass is 35.5. The summed E-state index contributed by atoms with van der Waals surface area (Å²) < 4.78 is 6.03. The molecule has 0 aliphatic carbocycles. The van der Waals surface area contributed by atoms with Gasteiger partial charge in [0.25, 0.3) is 0 Å². The van der Waals surface area contributed by atoms with E-state index in [2.05, 4.69) is 34.4 Å². The van der Waals surface area contributed by atoms with E-state index in [-0.39, 0.29) is 12.1 Å². The van der Waals surface area contributed by atoms with E-state index in [1.165, 1.54) is 5.56 Å². The normalized spacial score (nSPS) is 20.3. The lowest BCUT2D eigenvalue weighted by molar-refractivity contribution is -0.0396. The Morgan fingerprint density at radius 2 is 2.13 bits per heavy atom. The van der Waals surface area contributed by atoms with E-state index in [1.54, 1.807) is 0 Å². The van der Waals surface area contributed by atoms with E-state index in [4.69, 9.17) is 16.3 Å². The lowest BCUT2D eigenvalue weighted by atomic mass is 10.00. The molecule has 1 N–H and O–H groups in total. The van der Waals surface area contributed by atoms with Crippen molar-refractivity contribution in [2.24, 2.45) is 0 Å². The minimum absolute atomic E-state index is 0.108. The number of hydrogen-bond acceptors (Lipinski definition) is 4. The van der Waals surface area contributed by atoms with Crippen LogP contribution >= 0.6 is 11.6 Å². The lowest BCUT2D eigenvalue weighted by Gasteiger charge is -2.36. The fourth-order valence-corrected chi connectivity index (χ4v) is 2.99. The Balaban J connectivity index is 1.76. The largest absolute Gasteiger partial charge is 0.374 e. The maximum atomic E-state index is 6.03. The van der Waals surface area contributed by atoms with E-state index in [9.17, 15) is 0 Å². The van der Waals surface area contributed by atoms with Crippen molar-refractivity contribution in [3.05, 3.63) is 64.9 Å². The summed E-state index contributed by atoms with van der Waals surface area (Å²) >= 11 is 6.03. The average molecular weight is 332 g/mol. The van der Waals surface area contributed by atoms with Gasteiger partial charge in [-0.05, 0) is 36.9 Å². The van der Waals surface area contributed by atoms with Gasteiger partial charge in [0.2, 0.25) is 0 Å². The number of nitrogens with zero attached hydrogens (tertiary/aromatic N) is 2. The molecule has 1 aliphatic rings. The SMILES string of the molecule is CN1CCO[C@@H]([C@@H](NCc2ccccn2)c2ccc(Cl)cc2)C1. The van der Waals surface area contributed by atoms with Crippen LogP contribution < -0.4 is 5.32 Å². The molecule has 2 atom stereocenters. The Morgan fingerprint density at radius 1 is 1.30 bits per heavy atom. The van der Waals surface area contributed by atoms with Crippen LogP contribution in [0.15, 0.2) is 48.7 Å². The molecule has 5 heteroatoms. The Labute approximate surface area is 142 Å². The first kappa shape index (κ1) is 16.4. The van der Waals surface area contributed by atoms with Crippen LogP contribution in [0.4, 0.5) is 0 Å². The predicted octanol–water partition coefficient (Wildman–Crippen LogP) is 2.90. The zero-order valence-electron chi connectivity index (χ0n) is 13.3. The van der Waals surface area contributed by atoms with Crippen molar-refractivity contribution in [3.8, 4) is 0 Å². The number of ether oxygens (including phenoxy) is 1. The first-order valence-electron chi connectivity index (χ1n) is 7.91. The summed E-state index contributed by atoms with van der Waals surface area (Å²) in [4.78, 5) is 6.69. The number of morpholine rings is 1. The van der Waals surface area contributed by atoms with Gasteiger partial charge in [0.05, 0.1) is 24.4 Å². The number of benzene rings is 1. The first-order chi connectivity index (χ1) is 11.2. The minimum Gasteiger partial charge on any atom is -0.374 e. The monoisotopic (exact) mass is 331 g/mol. The van der Waals surface area contributed by atoms with Gasteiger partial charge < -0.3 is 15.0 Å². The van der Waals surface area contributed by atoms with Gasteiger partial charge in [0, 0.05) is 30.9 Å². The van der Waals surface area contributed by atoms with Crippen LogP contribution in [0, 0.1) is 0 Å². The highest BCUT2D eigenvalue weighted by Gasteiger charge is 2.27.